The molecule has 0 spiro atoms. The van der Waals surface area contributed by atoms with Gasteiger partial charge in [-0.3, -0.25) is 4.79 Å². The molecule has 0 saturated carbocycles. The number of methoxy groups -OCH3 is 1. The van der Waals surface area contributed by atoms with E-state index in [0.29, 0.717) is 22.5 Å². The van der Waals surface area contributed by atoms with Crippen molar-refractivity contribution < 1.29 is 14.3 Å². The summed E-state index contributed by atoms with van der Waals surface area (Å²) in [7, 11) is 7.60. The lowest BCUT2D eigenvalue weighted by Gasteiger charge is -2.21. The molecule has 0 unspecified atom stereocenters. The number of rotatable bonds is 9. The minimum absolute atomic E-state index is 0.226. The van der Waals surface area contributed by atoms with Crippen LogP contribution in [0.15, 0.2) is 72.8 Å². The van der Waals surface area contributed by atoms with Gasteiger partial charge in [-0.2, -0.15) is 0 Å². The van der Waals surface area contributed by atoms with E-state index in [4.69, 9.17) is 4.74 Å². The summed E-state index contributed by atoms with van der Waals surface area (Å²) in [4.78, 5) is 29.5. The number of carbonyl (C=O) groups excluding carboxylic acids is 2. The number of anilines is 3. The predicted molar refractivity (Wildman–Crippen MR) is 146 cm³/mol. The average molecular weight is 485 g/mol. The van der Waals surface area contributed by atoms with Crippen LogP contribution in [-0.2, 0) is 9.53 Å². The van der Waals surface area contributed by atoms with Gasteiger partial charge in [0.2, 0.25) is 0 Å². The number of nitrogens with one attached hydrogen (secondary N) is 2. The predicted octanol–water partition coefficient (Wildman–Crippen LogP) is 4.79. The molecule has 0 atom stereocenters. The fourth-order valence-electron chi connectivity index (χ4n) is 4.25. The first-order valence-electron chi connectivity index (χ1n) is 11.9. The van der Waals surface area contributed by atoms with Gasteiger partial charge in [-0.05, 0) is 69.0 Å². The molecular formula is C29H32N4O3. The van der Waals surface area contributed by atoms with E-state index in [1.165, 1.54) is 7.11 Å². The van der Waals surface area contributed by atoms with Crippen molar-refractivity contribution in [1.29, 1.82) is 0 Å². The molecule has 36 heavy (non-hydrogen) atoms. The molecule has 0 aliphatic carbocycles. The topological polar surface area (TPSA) is 73.9 Å². The second-order valence-corrected chi connectivity index (χ2v) is 9.07. The summed E-state index contributed by atoms with van der Waals surface area (Å²) in [6.07, 6.45) is 1.08. The largest absolute Gasteiger partial charge is 0.465 e. The van der Waals surface area contributed by atoms with E-state index in [1.807, 2.05) is 42.5 Å². The SMILES string of the molecule is COC(=O)c1ccc2c(c1)NC(=O)C2=C(Nc1ccc(N(C)CCCN(C)C)cc1)c1ccccc1. The number of ether oxygens (including phenoxy) is 1. The summed E-state index contributed by atoms with van der Waals surface area (Å²) < 4.78 is 4.82. The number of carbonyl (C=O) groups is 2. The molecule has 0 saturated heterocycles. The Morgan fingerprint density at radius 2 is 1.64 bits per heavy atom. The number of hydrogen-bond acceptors (Lipinski definition) is 6. The normalized spacial score (nSPS) is 13.8. The van der Waals surface area contributed by atoms with E-state index < -0.39 is 5.97 Å². The molecule has 0 aromatic heterocycles. The first-order valence-corrected chi connectivity index (χ1v) is 11.9. The number of esters is 1. The van der Waals surface area contributed by atoms with Crippen LogP contribution in [0.3, 0.4) is 0 Å². The van der Waals surface area contributed by atoms with Crippen LogP contribution in [0.2, 0.25) is 0 Å². The van der Waals surface area contributed by atoms with Gasteiger partial charge in [0, 0.05) is 30.5 Å². The molecule has 1 amide bonds. The maximum atomic E-state index is 13.1. The van der Waals surface area contributed by atoms with E-state index in [-0.39, 0.29) is 5.91 Å². The lowest BCUT2D eigenvalue weighted by Crippen LogP contribution is -2.23. The fraction of sp³-hybridized carbons (Fsp3) is 0.241. The Balaban J connectivity index is 1.66. The van der Waals surface area contributed by atoms with Gasteiger partial charge in [-0.1, -0.05) is 36.4 Å². The minimum atomic E-state index is -0.447. The van der Waals surface area contributed by atoms with Gasteiger partial charge < -0.3 is 25.2 Å². The molecular weight excluding hydrogens is 452 g/mol. The Kier molecular flexibility index (Phi) is 7.71. The van der Waals surface area contributed by atoms with Gasteiger partial charge in [0.25, 0.3) is 5.91 Å². The molecule has 7 heteroatoms. The van der Waals surface area contributed by atoms with Gasteiger partial charge in [-0.25, -0.2) is 4.79 Å². The Labute approximate surface area is 212 Å². The highest BCUT2D eigenvalue weighted by Crippen LogP contribution is 2.38. The highest BCUT2D eigenvalue weighted by molar-refractivity contribution is 6.37. The molecule has 0 bridgehead atoms. The van der Waals surface area contributed by atoms with Crippen LogP contribution in [0.5, 0.6) is 0 Å². The van der Waals surface area contributed by atoms with E-state index in [0.717, 1.165) is 42.0 Å². The highest BCUT2D eigenvalue weighted by atomic mass is 16.5. The molecule has 186 valence electrons. The van der Waals surface area contributed by atoms with Crippen LogP contribution in [0.25, 0.3) is 11.3 Å². The Bertz CT molecular complexity index is 1270. The van der Waals surface area contributed by atoms with Gasteiger partial charge in [0.1, 0.15) is 0 Å². The molecule has 7 nitrogen and oxygen atoms in total. The summed E-state index contributed by atoms with van der Waals surface area (Å²) >= 11 is 0. The molecule has 1 heterocycles. The zero-order valence-corrected chi connectivity index (χ0v) is 21.2. The summed E-state index contributed by atoms with van der Waals surface area (Å²) in [5.74, 6) is -0.673. The molecule has 0 radical (unpaired) electrons. The van der Waals surface area contributed by atoms with Gasteiger partial charge in [0.05, 0.1) is 29.6 Å². The van der Waals surface area contributed by atoms with Crippen molar-refractivity contribution in [1.82, 2.24) is 4.90 Å². The van der Waals surface area contributed by atoms with Crippen molar-refractivity contribution in [3.05, 3.63) is 89.5 Å². The zero-order valence-electron chi connectivity index (χ0n) is 21.2. The third-order valence-electron chi connectivity index (χ3n) is 6.17. The number of nitrogens with zero attached hydrogens (tertiary/aromatic N) is 2. The lowest BCUT2D eigenvalue weighted by molar-refractivity contribution is -0.110. The van der Waals surface area contributed by atoms with Crippen LogP contribution in [0.4, 0.5) is 17.1 Å². The first kappa shape index (κ1) is 25.0. The van der Waals surface area contributed by atoms with Crippen LogP contribution < -0.4 is 15.5 Å². The Morgan fingerprint density at radius 3 is 2.31 bits per heavy atom. The van der Waals surface area contributed by atoms with Crippen molar-refractivity contribution in [2.45, 2.75) is 6.42 Å². The van der Waals surface area contributed by atoms with Crippen LogP contribution in [0.1, 0.15) is 27.9 Å². The number of hydrogen-bond donors (Lipinski definition) is 2. The van der Waals surface area contributed by atoms with Crippen LogP contribution >= 0.6 is 0 Å². The summed E-state index contributed by atoms with van der Waals surface area (Å²) in [6.45, 7) is 2.01. The zero-order chi connectivity index (χ0) is 25.7. The minimum Gasteiger partial charge on any atom is -0.465 e. The number of benzene rings is 3. The second kappa shape index (κ2) is 11.1. The van der Waals surface area contributed by atoms with Crippen molar-refractivity contribution in [2.75, 3.05) is 56.9 Å². The molecule has 1 aliphatic rings. The summed E-state index contributed by atoms with van der Waals surface area (Å²) in [6, 6.07) is 23.1. The molecule has 2 N–H and O–H groups in total. The maximum absolute atomic E-state index is 13.1. The fourth-order valence-corrected chi connectivity index (χ4v) is 4.25. The molecule has 3 aromatic carbocycles. The smallest absolute Gasteiger partial charge is 0.337 e. The summed E-state index contributed by atoms with van der Waals surface area (Å²) in [5, 5.41) is 6.38. The average Bonchev–Trinajstić information content (AvgIpc) is 3.22. The van der Waals surface area contributed by atoms with Crippen molar-refractivity contribution in [3.8, 4) is 0 Å². The third kappa shape index (κ3) is 5.58. The Hall–Kier alpha value is -4.10. The molecule has 4 rings (SSSR count). The molecule has 3 aromatic rings. The van der Waals surface area contributed by atoms with Crippen LogP contribution in [-0.4, -0.2) is 58.1 Å². The van der Waals surface area contributed by atoms with Crippen molar-refractivity contribution in [2.24, 2.45) is 0 Å². The van der Waals surface area contributed by atoms with Gasteiger partial charge >= 0.3 is 5.97 Å². The van der Waals surface area contributed by atoms with E-state index in [2.05, 4.69) is 53.7 Å². The highest BCUT2D eigenvalue weighted by Gasteiger charge is 2.29. The molecule has 1 aliphatic heterocycles. The van der Waals surface area contributed by atoms with Crippen molar-refractivity contribution >= 4 is 40.2 Å². The van der Waals surface area contributed by atoms with Gasteiger partial charge in [0.15, 0.2) is 0 Å². The maximum Gasteiger partial charge on any atom is 0.337 e. The monoisotopic (exact) mass is 484 g/mol. The third-order valence-corrected chi connectivity index (χ3v) is 6.17. The van der Waals surface area contributed by atoms with E-state index in [1.54, 1.807) is 18.2 Å². The van der Waals surface area contributed by atoms with E-state index in [9.17, 15) is 9.59 Å². The summed E-state index contributed by atoms with van der Waals surface area (Å²) in [5.41, 5.74) is 5.82. The lowest BCUT2D eigenvalue weighted by atomic mass is 9.99. The molecule has 0 fully saturated rings. The first-order chi connectivity index (χ1) is 17.4. The standard InChI is InChI=1S/C29H32N4O3/c1-32(2)17-8-18-33(3)23-14-12-22(13-15-23)30-27(20-9-6-5-7-10-20)26-24-16-11-21(29(35)36-4)19-25(24)31-28(26)34/h5-7,9-16,19,30H,8,17-18H2,1-4H3,(H,31,34). The van der Waals surface area contributed by atoms with Gasteiger partial charge in [-0.15, -0.1) is 0 Å². The van der Waals surface area contributed by atoms with Crippen LogP contribution in [0, 0.1) is 0 Å². The second-order valence-electron chi connectivity index (χ2n) is 9.07. The van der Waals surface area contributed by atoms with Crippen molar-refractivity contribution in [3.63, 3.8) is 0 Å². The quantitative estimate of drug-likeness (QED) is 0.336. The number of amides is 1. The van der Waals surface area contributed by atoms with E-state index >= 15 is 0 Å². The Morgan fingerprint density at radius 1 is 0.917 bits per heavy atom. The number of fused-ring (bicyclic) bond motifs is 1.